The lowest BCUT2D eigenvalue weighted by molar-refractivity contribution is -0.0823. The Morgan fingerprint density at radius 2 is 2.18 bits per heavy atom. The Morgan fingerprint density at radius 1 is 1.47 bits per heavy atom. The van der Waals surface area contributed by atoms with Crippen LogP contribution in [0.25, 0.3) is 0 Å². The van der Waals surface area contributed by atoms with Crippen molar-refractivity contribution >= 4 is 0 Å². The SMILES string of the molecule is COC1CC(CN)(N(C)CC2CCCN2C)C1. The van der Waals surface area contributed by atoms with Gasteiger partial charge in [-0.1, -0.05) is 0 Å². The Hall–Kier alpha value is -0.160. The minimum atomic E-state index is 0.199. The maximum Gasteiger partial charge on any atom is 0.0607 e. The molecule has 1 unspecified atom stereocenters. The van der Waals surface area contributed by atoms with Crippen molar-refractivity contribution in [3.8, 4) is 0 Å². The molecule has 4 heteroatoms. The topological polar surface area (TPSA) is 41.7 Å². The maximum atomic E-state index is 5.98. The number of ether oxygens (including phenoxy) is 1. The van der Waals surface area contributed by atoms with Crippen LogP contribution in [0.5, 0.6) is 0 Å². The second kappa shape index (κ2) is 5.22. The standard InChI is InChI=1S/C13H27N3O/c1-15-6-4-5-11(15)9-16(2)13(10-14)7-12(8-13)17-3/h11-12H,4-10,14H2,1-3H3. The summed E-state index contributed by atoms with van der Waals surface area (Å²) in [5.74, 6) is 0. The highest BCUT2D eigenvalue weighted by Gasteiger charge is 2.47. The molecule has 1 aliphatic carbocycles. The second-order valence-corrected chi connectivity index (χ2v) is 5.85. The van der Waals surface area contributed by atoms with Gasteiger partial charge < -0.3 is 15.4 Å². The molecule has 2 N–H and O–H groups in total. The van der Waals surface area contributed by atoms with Gasteiger partial charge in [-0.3, -0.25) is 4.90 Å². The molecule has 17 heavy (non-hydrogen) atoms. The average Bonchev–Trinajstić information content (AvgIpc) is 2.64. The summed E-state index contributed by atoms with van der Waals surface area (Å²) in [6, 6.07) is 0.713. The molecule has 0 radical (unpaired) electrons. The minimum absolute atomic E-state index is 0.199. The predicted molar refractivity (Wildman–Crippen MR) is 70.1 cm³/mol. The lowest BCUT2D eigenvalue weighted by atomic mass is 9.73. The third-order valence-electron chi connectivity index (χ3n) is 4.89. The molecule has 1 saturated carbocycles. The summed E-state index contributed by atoms with van der Waals surface area (Å²) in [6.45, 7) is 3.14. The number of rotatable bonds is 5. The Kier molecular flexibility index (Phi) is 4.08. The van der Waals surface area contributed by atoms with Crippen LogP contribution in [0.15, 0.2) is 0 Å². The summed E-state index contributed by atoms with van der Waals surface area (Å²) in [4.78, 5) is 4.96. The van der Waals surface area contributed by atoms with Gasteiger partial charge in [0.25, 0.3) is 0 Å². The van der Waals surface area contributed by atoms with Crippen molar-refractivity contribution in [1.82, 2.24) is 9.80 Å². The Labute approximate surface area is 105 Å². The van der Waals surface area contributed by atoms with Gasteiger partial charge >= 0.3 is 0 Å². The van der Waals surface area contributed by atoms with Gasteiger partial charge in [0, 0.05) is 31.8 Å². The highest BCUT2D eigenvalue weighted by atomic mass is 16.5. The summed E-state index contributed by atoms with van der Waals surface area (Å²) >= 11 is 0. The summed E-state index contributed by atoms with van der Waals surface area (Å²) < 4.78 is 5.39. The van der Waals surface area contributed by atoms with E-state index >= 15 is 0 Å². The fraction of sp³-hybridized carbons (Fsp3) is 1.00. The number of likely N-dealkylation sites (tertiary alicyclic amines) is 1. The van der Waals surface area contributed by atoms with Crippen LogP contribution in [-0.2, 0) is 4.74 Å². The van der Waals surface area contributed by atoms with Crippen molar-refractivity contribution in [1.29, 1.82) is 0 Å². The van der Waals surface area contributed by atoms with Crippen LogP contribution in [0.4, 0.5) is 0 Å². The Morgan fingerprint density at radius 3 is 2.65 bits per heavy atom. The quantitative estimate of drug-likeness (QED) is 0.762. The summed E-state index contributed by atoms with van der Waals surface area (Å²) in [6.07, 6.45) is 5.27. The molecule has 1 aliphatic heterocycles. The zero-order valence-electron chi connectivity index (χ0n) is 11.5. The molecule has 2 rings (SSSR count). The highest BCUT2D eigenvalue weighted by Crippen LogP contribution is 2.38. The van der Waals surface area contributed by atoms with Crippen molar-refractivity contribution in [2.45, 2.75) is 43.4 Å². The number of likely N-dealkylation sites (N-methyl/N-ethyl adjacent to an activating group) is 2. The van der Waals surface area contributed by atoms with E-state index in [0.717, 1.165) is 25.9 Å². The van der Waals surface area contributed by atoms with E-state index in [1.165, 1.54) is 19.4 Å². The molecular formula is C13H27N3O. The monoisotopic (exact) mass is 241 g/mol. The molecule has 1 atom stereocenters. The van der Waals surface area contributed by atoms with Crippen molar-refractivity contribution in [3.63, 3.8) is 0 Å². The molecule has 2 aliphatic rings. The van der Waals surface area contributed by atoms with E-state index in [-0.39, 0.29) is 5.54 Å². The van der Waals surface area contributed by atoms with E-state index < -0.39 is 0 Å². The zero-order chi connectivity index (χ0) is 12.5. The third-order valence-corrected chi connectivity index (χ3v) is 4.89. The van der Waals surface area contributed by atoms with Crippen LogP contribution in [0.2, 0.25) is 0 Å². The molecule has 2 fully saturated rings. The molecule has 100 valence electrons. The first kappa shape index (κ1) is 13.3. The van der Waals surface area contributed by atoms with Gasteiger partial charge in [-0.15, -0.1) is 0 Å². The predicted octanol–water partition coefficient (Wildman–Crippen LogP) is 0.519. The molecule has 0 amide bonds. The summed E-state index contributed by atoms with van der Waals surface area (Å²) in [5, 5.41) is 0. The van der Waals surface area contributed by atoms with E-state index in [1.54, 1.807) is 7.11 Å². The van der Waals surface area contributed by atoms with Crippen molar-refractivity contribution in [2.24, 2.45) is 5.73 Å². The summed E-state index contributed by atoms with van der Waals surface area (Å²) in [7, 11) is 6.26. The molecule has 1 saturated heterocycles. The first-order chi connectivity index (χ1) is 8.11. The maximum absolute atomic E-state index is 5.98. The van der Waals surface area contributed by atoms with Gasteiger partial charge in [-0.05, 0) is 46.3 Å². The Balaban J connectivity index is 1.88. The molecule has 0 aromatic carbocycles. The van der Waals surface area contributed by atoms with Gasteiger partial charge in [0.15, 0.2) is 0 Å². The Bertz CT molecular complexity index is 253. The number of hydrogen-bond donors (Lipinski definition) is 1. The smallest absolute Gasteiger partial charge is 0.0607 e. The van der Waals surface area contributed by atoms with Gasteiger partial charge in [-0.2, -0.15) is 0 Å². The number of nitrogens with two attached hydrogens (primary N) is 1. The number of hydrogen-bond acceptors (Lipinski definition) is 4. The van der Waals surface area contributed by atoms with E-state index in [0.29, 0.717) is 12.1 Å². The molecular weight excluding hydrogens is 214 g/mol. The van der Waals surface area contributed by atoms with Gasteiger partial charge in [0.2, 0.25) is 0 Å². The van der Waals surface area contributed by atoms with Crippen molar-refractivity contribution in [3.05, 3.63) is 0 Å². The third kappa shape index (κ3) is 2.50. The molecule has 0 bridgehead atoms. The fourth-order valence-electron chi connectivity index (χ4n) is 3.31. The van der Waals surface area contributed by atoms with Crippen LogP contribution in [-0.4, -0.2) is 68.3 Å². The summed E-state index contributed by atoms with van der Waals surface area (Å²) in [5.41, 5.74) is 6.18. The van der Waals surface area contributed by atoms with Gasteiger partial charge in [0.1, 0.15) is 0 Å². The molecule has 1 heterocycles. The van der Waals surface area contributed by atoms with E-state index in [2.05, 4.69) is 23.9 Å². The molecule has 0 aromatic rings. The molecule has 0 aromatic heterocycles. The van der Waals surface area contributed by atoms with Gasteiger partial charge in [0.05, 0.1) is 6.10 Å². The van der Waals surface area contributed by atoms with Crippen molar-refractivity contribution < 1.29 is 4.74 Å². The van der Waals surface area contributed by atoms with Gasteiger partial charge in [-0.25, -0.2) is 0 Å². The van der Waals surface area contributed by atoms with E-state index in [4.69, 9.17) is 10.5 Å². The van der Waals surface area contributed by atoms with Crippen LogP contribution in [0.3, 0.4) is 0 Å². The first-order valence-electron chi connectivity index (χ1n) is 6.75. The fourth-order valence-corrected chi connectivity index (χ4v) is 3.31. The number of methoxy groups -OCH3 is 1. The minimum Gasteiger partial charge on any atom is -0.381 e. The normalized spacial score (nSPS) is 38.6. The lowest BCUT2D eigenvalue weighted by Gasteiger charge is -2.53. The zero-order valence-corrected chi connectivity index (χ0v) is 11.5. The number of nitrogens with zero attached hydrogens (tertiary/aromatic N) is 2. The molecule has 0 spiro atoms. The highest BCUT2D eigenvalue weighted by molar-refractivity contribution is 5.04. The molecule has 4 nitrogen and oxygen atoms in total. The average molecular weight is 241 g/mol. The van der Waals surface area contributed by atoms with Crippen LogP contribution in [0, 0.1) is 0 Å². The lowest BCUT2D eigenvalue weighted by Crippen LogP contribution is -2.64. The van der Waals surface area contributed by atoms with E-state index in [1.807, 2.05) is 0 Å². The van der Waals surface area contributed by atoms with Crippen LogP contribution < -0.4 is 5.73 Å². The van der Waals surface area contributed by atoms with Crippen LogP contribution in [0.1, 0.15) is 25.7 Å². The van der Waals surface area contributed by atoms with Crippen LogP contribution >= 0.6 is 0 Å². The van der Waals surface area contributed by atoms with E-state index in [9.17, 15) is 0 Å². The first-order valence-corrected chi connectivity index (χ1v) is 6.75. The largest absolute Gasteiger partial charge is 0.381 e. The van der Waals surface area contributed by atoms with Crippen molar-refractivity contribution in [2.75, 3.05) is 40.8 Å². The second-order valence-electron chi connectivity index (χ2n) is 5.85.